The number of nitrogens with one attached hydrogen (secondary N) is 1. The number of anilines is 1. The van der Waals surface area contributed by atoms with E-state index in [4.69, 9.17) is 25.8 Å². The van der Waals surface area contributed by atoms with E-state index in [0.29, 0.717) is 53.3 Å². The van der Waals surface area contributed by atoms with Crippen LogP contribution in [0.2, 0.25) is 5.02 Å². The largest absolute Gasteiger partial charge is 0.490 e. The standard InChI is InChI=1S/C33H29ClN2O4/c1-3-38-32-19-25(11-16-31(32)40-22-26-5-4-6-28(34)18-26)17-27(20-35)33(37)36-29-12-14-30(15-13-29)39-21-24-9-7-23(2)8-10-24/h4-19H,3,21-22H2,1-2H3,(H,36,37)/b27-17+. The van der Waals surface area contributed by atoms with Crippen molar-refractivity contribution in [2.45, 2.75) is 27.1 Å². The molecule has 0 atom stereocenters. The van der Waals surface area contributed by atoms with E-state index >= 15 is 0 Å². The molecule has 0 fully saturated rings. The van der Waals surface area contributed by atoms with Crippen LogP contribution in [0.25, 0.3) is 6.08 Å². The van der Waals surface area contributed by atoms with Gasteiger partial charge in [0.25, 0.3) is 5.91 Å². The number of benzene rings is 4. The molecule has 0 saturated heterocycles. The van der Waals surface area contributed by atoms with Gasteiger partial charge in [-0.3, -0.25) is 4.79 Å². The zero-order chi connectivity index (χ0) is 28.3. The Morgan fingerprint density at radius 3 is 2.33 bits per heavy atom. The first-order valence-corrected chi connectivity index (χ1v) is 13.2. The highest BCUT2D eigenvalue weighted by Crippen LogP contribution is 2.30. The average Bonchev–Trinajstić information content (AvgIpc) is 2.96. The fourth-order valence-corrected chi connectivity index (χ4v) is 4.00. The Balaban J connectivity index is 1.39. The van der Waals surface area contributed by atoms with Gasteiger partial charge in [0.15, 0.2) is 11.5 Å². The Morgan fingerprint density at radius 1 is 0.875 bits per heavy atom. The molecule has 7 heteroatoms. The van der Waals surface area contributed by atoms with Gasteiger partial charge >= 0.3 is 0 Å². The van der Waals surface area contributed by atoms with Crippen molar-refractivity contribution >= 4 is 29.3 Å². The summed E-state index contributed by atoms with van der Waals surface area (Å²) in [4.78, 5) is 12.8. The molecule has 1 amide bonds. The predicted octanol–water partition coefficient (Wildman–Crippen LogP) is 7.75. The molecule has 0 saturated carbocycles. The normalized spacial score (nSPS) is 10.9. The second kappa shape index (κ2) is 13.9. The third kappa shape index (κ3) is 8.13. The number of hydrogen-bond acceptors (Lipinski definition) is 5. The van der Waals surface area contributed by atoms with Gasteiger partial charge in [-0.05, 0) is 85.1 Å². The summed E-state index contributed by atoms with van der Waals surface area (Å²) in [6.45, 7) is 5.10. The summed E-state index contributed by atoms with van der Waals surface area (Å²) in [5.74, 6) is 1.22. The molecular formula is C33H29ClN2O4. The highest BCUT2D eigenvalue weighted by Gasteiger charge is 2.12. The van der Waals surface area contributed by atoms with Gasteiger partial charge < -0.3 is 19.5 Å². The molecule has 0 aliphatic rings. The second-order valence-corrected chi connectivity index (χ2v) is 9.42. The van der Waals surface area contributed by atoms with Gasteiger partial charge in [0.1, 0.15) is 30.6 Å². The van der Waals surface area contributed by atoms with Crippen LogP contribution < -0.4 is 19.5 Å². The minimum atomic E-state index is -0.518. The van der Waals surface area contributed by atoms with Crippen LogP contribution in [-0.2, 0) is 18.0 Å². The van der Waals surface area contributed by atoms with Gasteiger partial charge in [-0.25, -0.2) is 0 Å². The molecule has 202 valence electrons. The van der Waals surface area contributed by atoms with Crippen LogP contribution in [0, 0.1) is 18.3 Å². The van der Waals surface area contributed by atoms with Crippen LogP contribution in [-0.4, -0.2) is 12.5 Å². The molecule has 0 aromatic heterocycles. The van der Waals surface area contributed by atoms with E-state index in [1.165, 1.54) is 11.6 Å². The molecule has 0 aliphatic heterocycles. The van der Waals surface area contributed by atoms with Crippen molar-refractivity contribution in [2.24, 2.45) is 0 Å². The zero-order valence-corrected chi connectivity index (χ0v) is 23.1. The molecule has 0 unspecified atom stereocenters. The van der Waals surface area contributed by atoms with Crippen LogP contribution >= 0.6 is 11.6 Å². The van der Waals surface area contributed by atoms with Crippen LogP contribution in [0.5, 0.6) is 17.2 Å². The molecular weight excluding hydrogens is 524 g/mol. The lowest BCUT2D eigenvalue weighted by atomic mass is 10.1. The molecule has 0 spiro atoms. The number of carbonyl (C=O) groups is 1. The number of amides is 1. The van der Waals surface area contributed by atoms with E-state index < -0.39 is 5.91 Å². The van der Waals surface area contributed by atoms with Crippen molar-refractivity contribution in [3.05, 3.63) is 124 Å². The van der Waals surface area contributed by atoms with Crippen LogP contribution in [0.1, 0.15) is 29.2 Å². The molecule has 0 heterocycles. The summed E-state index contributed by atoms with van der Waals surface area (Å²) in [7, 11) is 0. The summed E-state index contributed by atoms with van der Waals surface area (Å²) >= 11 is 6.06. The Labute approximate surface area is 239 Å². The maximum Gasteiger partial charge on any atom is 0.266 e. The van der Waals surface area contributed by atoms with E-state index in [9.17, 15) is 10.1 Å². The Kier molecular flexibility index (Phi) is 9.82. The highest BCUT2D eigenvalue weighted by atomic mass is 35.5. The smallest absolute Gasteiger partial charge is 0.266 e. The van der Waals surface area contributed by atoms with E-state index in [0.717, 1.165) is 11.1 Å². The third-order valence-corrected chi connectivity index (χ3v) is 6.10. The summed E-state index contributed by atoms with van der Waals surface area (Å²) in [6, 6.07) is 29.8. The number of carbonyl (C=O) groups excluding carboxylic acids is 1. The highest BCUT2D eigenvalue weighted by molar-refractivity contribution is 6.30. The monoisotopic (exact) mass is 552 g/mol. The summed E-state index contributed by atoms with van der Waals surface area (Å²) in [5, 5.41) is 13.1. The van der Waals surface area contributed by atoms with Crippen LogP contribution in [0.15, 0.2) is 96.6 Å². The average molecular weight is 553 g/mol. The number of hydrogen-bond donors (Lipinski definition) is 1. The molecule has 4 aromatic rings. The topological polar surface area (TPSA) is 80.6 Å². The maximum absolute atomic E-state index is 12.8. The molecule has 0 bridgehead atoms. The number of nitrogens with zero attached hydrogens (tertiary/aromatic N) is 1. The molecule has 1 N–H and O–H groups in total. The Morgan fingerprint density at radius 2 is 1.62 bits per heavy atom. The van der Waals surface area contributed by atoms with Crippen molar-refractivity contribution in [3.8, 4) is 23.3 Å². The maximum atomic E-state index is 12.8. The number of nitriles is 1. The number of rotatable bonds is 11. The van der Waals surface area contributed by atoms with Crippen molar-refractivity contribution in [1.29, 1.82) is 5.26 Å². The van der Waals surface area contributed by atoms with E-state index in [-0.39, 0.29) is 5.57 Å². The number of ether oxygens (including phenoxy) is 3. The molecule has 40 heavy (non-hydrogen) atoms. The van der Waals surface area contributed by atoms with E-state index in [1.807, 2.05) is 62.4 Å². The Hall–Kier alpha value is -4.73. The van der Waals surface area contributed by atoms with Crippen LogP contribution in [0.3, 0.4) is 0 Å². The SMILES string of the molecule is CCOc1cc(/C=C(\C#N)C(=O)Nc2ccc(OCc3ccc(C)cc3)cc2)ccc1OCc1cccc(Cl)c1. The number of halogens is 1. The predicted molar refractivity (Wildman–Crippen MR) is 158 cm³/mol. The van der Waals surface area contributed by atoms with Crippen molar-refractivity contribution < 1.29 is 19.0 Å². The van der Waals surface area contributed by atoms with Gasteiger partial charge in [-0.15, -0.1) is 0 Å². The fourth-order valence-electron chi connectivity index (χ4n) is 3.79. The molecule has 6 nitrogen and oxygen atoms in total. The summed E-state index contributed by atoms with van der Waals surface area (Å²) in [5.41, 5.74) is 4.32. The second-order valence-electron chi connectivity index (χ2n) is 8.98. The number of aryl methyl sites for hydroxylation is 1. The zero-order valence-electron chi connectivity index (χ0n) is 22.3. The third-order valence-electron chi connectivity index (χ3n) is 5.87. The molecule has 4 aromatic carbocycles. The van der Waals surface area contributed by atoms with Gasteiger partial charge in [-0.2, -0.15) is 5.26 Å². The summed E-state index contributed by atoms with van der Waals surface area (Å²) < 4.78 is 17.5. The van der Waals surface area contributed by atoms with E-state index in [1.54, 1.807) is 48.5 Å². The minimum Gasteiger partial charge on any atom is -0.490 e. The first-order valence-electron chi connectivity index (χ1n) is 12.8. The molecule has 4 rings (SSSR count). The first kappa shape index (κ1) is 28.3. The van der Waals surface area contributed by atoms with Crippen molar-refractivity contribution in [3.63, 3.8) is 0 Å². The van der Waals surface area contributed by atoms with Gasteiger partial charge in [0.05, 0.1) is 6.61 Å². The summed E-state index contributed by atoms with van der Waals surface area (Å²) in [6.07, 6.45) is 1.51. The van der Waals surface area contributed by atoms with Crippen LogP contribution in [0.4, 0.5) is 5.69 Å². The fraction of sp³-hybridized carbons (Fsp3) is 0.152. The quantitative estimate of drug-likeness (QED) is 0.152. The van der Waals surface area contributed by atoms with Gasteiger partial charge in [0, 0.05) is 10.7 Å². The van der Waals surface area contributed by atoms with E-state index in [2.05, 4.69) is 5.32 Å². The van der Waals surface area contributed by atoms with Gasteiger partial charge in [-0.1, -0.05) is 59.6 Å². The first-order chi connectivity index (χ1) is 19.4. The lowest BCUT2D eigenvalue weighted by molar-refractivity contribution is -0.112. The molecule has 0 radical (unpaired) electrons. The van der Waals surface area contributed by atoms with Gasteiger partial charge in [0.2, 0.25) is 0 Å². The lowest BCUT2D eigenvalue weighted by Crippen LogP contribution is -2.13. The Bertz CT molecular complexity index is 1520. The lowest BCUT2D eigenvalue weighted by Gasteiger charge is -2.13. The van der Waals surface area contributed by atoms with Crippen molar-refractivity contribution in [1.82, 2.24) is 0 Å². The minimum absolute atomic E-state index is 0.0465. The van der Waals surface area contributed by atoms with Crippen molar-refractivity contribution in [2.75, 3.05) is 11.9 Å². The molecule has 0 aliphatic carbocycles.